The van der Waals surface area contributed by atoms with Crippen molar-refractivity contribution in [2.45, 2.75) is 50.3 Å². The van der Waals surface area contributed by atoms with Crippen molar-refractivity contribution in [3.05, 3.63) is 166 Å². The number of amides is 1. The number of para-hydroxylation sites is 4. The van der Waals surface area contributed by atoms with E-state index in [0.717, 1.165) is 12.1 Å². The second kappa shape index (κ2) is 26.1. The van der Waals surface area contributed by atoms with Crippen LogP contribution in [0.15, 0.2) is 169 Å². The molecule has 0 unspecified atom stereocenters. The van der Waals surface area contributed by atoms with Gasteiger partial charge in [-0.25, -0.2) is 0 Å². The van der Waals surface area contributed by atoms with E-state index in [1.54, 1.807) is 118 Å². The third kappa shape index (κ3) is 14.1. The Kier molecular flexibility index (Phi) is 20.2. The molecule has 0 aromatic heterocycles. The Morgan fingerprint density at radius 1 is 0.597 bits per heavy atom. The van der Waals surface area contributed by atoms with E-state index in [4.69, 9.17) is 32.7 Å². The molecule has 23 heteroatoms. The van der Waals surface area contributed by atoms with Gasteiger partial charge in [0, 0.05) is 20.8 Å². The molecule has 0 radical (unpaired) electrons. The van der Waals surface area contributed by atoms with Crippen LogP contribution in [0, 0.1) is 0 Å². The van der Waals surface area contributed by atoms with Crippen LogP contribution in [0.5, 0.6) is 23.0 Å². The minimum Gasteiger partial charge on any atom is -0.871 e. The number of benzene rings is 8. The number of ether oxygens (including phenoxy) is 2. The molecule has 1 amide bonds. The number of anilines is 1. The summed E-state index contributed by atoms with van der Waals surface area (Å²) in [5.74, 6) is -1.75. The quantitative estimate of drug-likeness (QED) is 0.0231. The van der Waals surface area contributed by atoms with Crippen molar-refractivity contribution in [2.24, 2.45) is 25.4 Å². The van der Waals surface area contributed by atoms with Crippen LogP contribution in [-0.4, -0.2) is 93.8 Å². The number of phenolic OH excluding ortho intramolecular Hbond substituents is 1. The van der Waals surface area contributed by atoms with Gasteiger partial charge in [0.05, 0.1) is 30.2 Å². The predicted molar refractivity (Wildman–Crippen MR) is 294 cm³/mol. The van der Waals surface area contributed by atoms with Crippen LogP contribution >= 0.6 is 23.2 Å². The Morgan fingerprint density at radius 3 is 1.57 bits per heavy atom. The smallest absolute Gasteiger partial charge is 0.871 e. The van der Waals surface area contributed by atoms with E-state index in [1.807, 2.05) is 6.92 Å². The third-order valence-electron chi connectivity index (χ3n) is 11.3. The number of nitrogens with one attached hydrogen (secondary N) is 1. The number of aryl methyl sites for hydroxylation is 2. The van der Waals surface area contributed by atoms with Gasteiger partial charge in [-0.1, -0.05) is 116 Å². The van der Waals surface area contributed by atoms with E-state index in [0.29, 0.717) is 75.9 Å². The summed E-state index contributed by atoms with van der Waals surface area (Å²) in [6.07, 6.45) is 0.658. The molecule has 4 N–H and O–H groups in total. The number of hydrogen-bond donors (Lipinski definition) is 4. The van der Waals surface area contributed by atoms with E-state index in [-0.39, 0.29) is 87.3 Å². The van der Waals surface area contributed by atoms with Gasteiger partial charge in [-0.05, 0) is 121 Å². The number of carbonyl (C=O) groups excluding carboxylic acids is 1. The van der Waals surface area contributed by atoms with Crippen LogP contribution in [0.2, 0.25) is 10.0 Å². The predicted octanol–water partition coefficient (Wildman–Crippen LogP) is 12.3. The fraction of sp³-hybridized carbons (Fsp3) is 0.148. The zero-order valence-corrected chi connectivity index (χ0v) is 46.9. The van der Waals surface area contributed by atoms with Gasteiger partial charge in [0.1, 0.15) is 44.0 Å². The van der Waals surface area contributed by atoms with Crippen LogP contribution in [-0.2, 0) is 33.1 Å². The van der Waals surface area contributed by atoms with E-state index >= 15 is 0 Å². The zero-order valence-electron chi connectivity index (χ0n) is 41.6. The van der Waals surface area contributed by atoms with Crippen molar-refractivity contribution in [1.29, 1.82) is 0 Å². The molecule has 8 aromatic carbocycles. The summed E-state index contributed by atoms with van der Waals surface area (Å²) in [7, 11) is -9.40. The van der Waals surface area contributed by atoms with Gasteiger partial charge in [0.15, 0.2) is 5.75 Å². The first-order chi connectivity index (χ1) is 36.3. The van der Waals surface area contributed by atoms with Gasteiger partial charge in [0.2, 0.25) is 0 Å². The number of hydrogen-bond acceptors (Lipinski definition) is 15. The molecule has 0 saturated carbocycles. The molecule has 0 aliphatic carbocycles. The van der Waals surface area contributed by atoms with Crippen molar-refractivity contribution in [3.63, 3.8) is 0 Å². The Bertz CT molecular complexity index is 3860. The minimum absolute atomic E-state index is 0. The zero-order chi connectivity index (χ0) is 54.9. The molecule has 0 fully saturated rings. The second-order valence-electron chi connectivity index (χ2n) is 16.2. The summed E-state index contributed by atoms with van der Waals surface area (Å²) in [4.78, 5) is 16.3. The third-order valence-corrected chi connectivity index (χ3v) is 13.5. The van der Waals surface area contributed by atoms with Crippen molar-refractivity contribution in [1.82, 2.24) is 0 Å². The summed E-state index contributed by atoms with van der Waals surface area (Å²) in [6, 6.07) is 35.3. The molecule has 18 nitrogen and oxygen atoms in total. The maximum absolute atomic E-state index is 13.5. The Hall–Kier alpha value is -6.72. The summed E-state index contributed by atoms with van der Waals surface area (Å²) < 4.78 is 78.7. The summed E-state index contributed by atoms with van der Waals surface area (Å²) >= 11 is 12.1. The summed E-state index contributed by atoms with van der Waals surface area (Å²) in [5.41, 5.74) is 0.653. The maximum Gasteiger partial charge on any atom is 2.00 e. The summed E-state index contributed by atoms with van der Waals surface area (Å²) in [5, 5.41) is 59.1. The van der Waals surface area contributed by atoms with Crippen LogP contribution < -0.4 is 25.0 Å². The molecule has 77 heavy (non-hydrogen) atoms. The summed E-state index contributed by atoms with van der Waals surface area (Å²) in [6.45, 7) is 7.89. The largest absolute Gasteiger partial charge is 2.00 e. The number of azo groups is 2. The standard InChI is InChI=1S/2C27H24ClN3O6S.Ca/c2*1-3-16-13-18(28)15-23(38(34,35)36)24(16)30-31-25-19-10-6-5-9-17(19)14-20(26(25)32)27(33)29-21-11-7-8-12-22(21)37-4-2;/h2*5-15,32H,3-4H2,1-2H3,(H,29,33)(H,34,35,36);/q;;+2/p-2. The van der Waals surface area contributed by atoms with Gasteiger partial charge in [0.25, 0.3) is 26.1 Å². The van der Waals surface area contributed by atoms with Crippen molar-refractivity contribution < 1.29 is 55.5 Å². The van der Waals surface area contributed by atoms with E-state index in [1.165, 1.54) is 24.3 Å². The molecule has 0 heterocycles. The Labute approximate surface area is 483 Å². The average Bonchev–Trinajstić information content (AvgIpc) is 3.39. The monoisotopic (exact) mass is 1140 g/mol. The van der Waals surface area contributed by atoms with E-state index in [9.17, 15) is 46.1 Å². The Morgan fingerprint density at radius 2 is 1.04 bits per heavy atom. The Balaban J connectivity index is 0.000000246. The number of fused-ring (bicyclic) bond motifs is 2. The fourth-order valence-corrected chi connectivity index (χ4v) is 9.81. The molecule has 0 atom stereocenters. The normalized spacial score (nSPS) is 11.9. The molecule has 0 saturated heterocycles. The number of aliphatic imine (C=N–C) groups is 1. The van der Waals surface area contributed by atoms with Crippen molar-refractivity contribution in [3.8, 4) is 23.0 Å². The molecule has 392 valence electrons. The van der Waals surface area contributed by atoms with Crippen LogP contribution in [0.25, 0.3) is 21.5 Å². The van der Waals surface area contributed by atoms with Gasteiger partial charge in [-0.3, -0.25) is 18.9 Å². The second-order valence-corrected chi connectivity index (χ2v) is 19.9. The van der Waals surface area contributed by atoms with Crippen LogP contribution in [0.3, 0.4) is 0 Å². The molecule has 8 rings (SSSR count). The van der Waals surface area contributed by atoms with Gasteiger partial charge < -0.3 is 30.1 Å². The molecule has 0 aliphatic heterocycles. The first kappa shape index (κ1) is 59.5. The van der Waals surface area contributed by atoms with Gasteiger partial charge >= 0.3 is 37.7 Å². The fourth-order valence-electron chi connectivity index (χ4n) is 7.81. The minimum atomic E-state index is -4.71. The van der Waals surface area contributed by atoms with E-state index in [2.05, 4.69) is 30.8 Å². The van der Waals surface area contributed by atoms with E-state index < -0.39 is 53.3 Å². The topological polar surface area (TPSA) is 284 Å². The molecule has 0 aliphatic rings. The number of nitrogens with zero attached hydrogens (tertiary/aromatic N) is 5. The molecular formula is C54H46CaCl2N6O12S2. The molecule has 8 aromatic rings. The molecule has 0 bridgehead atoms. The number of phenols is 1. The molecular weight excluding hydrogens is 1100 g/mol. The van der Waals surface area contributed by atoms with Crippen molar-refractivity contribution in [2.75, 3.05) is 18.5 Å². The number of aromatic hydroxyl groups is 1. The van der Waals surface area contributed by atoms with Crippen molar-refractivity contribution >= 4 is 149 Å². The number of carbonyl (C=O) groups is 1. The van der Waals surface area contributed by atoms with Gasteiger partial charge in [-0.2, -0.15) is 21.9 Å². The number of rotatable bonds is 16. The first-order valence-corrected chi connectivity index (χ1v) is 26.8. The SMILES string of the molecule is CCOc1ccccc1N=C([O-])c1cc2ccccc2c(N=Nc2c(CC)cc(Cl)cc2S(=O)(=O)O)c1[O-].CCOc1ccccc1NC(=O)c1cc2ccccc2c(N=Nc2c(CC)cc(Cl)cc2S(=O)(=O)O)c1O.[Ca+2]. The maximum atomic E-state index is 13.5. The van der Waals surface area contributed by atoms with Gasteiger partial charge in [-0.15, -0.1) is 15.3 Å². The van der Waals surface area contributed by atoms with Crippen LogP contribution in [0.4, 0.5) is 34.1 Å². The number of halogens is 2. The first-order valence-electron chi connectivity index (χ1n) is 23.2. The molecule has 0 spiro atoms. The van der Waals surface area contributed by atoms with Crippen LogP contribution in [0.1, 0.15) is 54.7 Å². The average molecular weight is 1150 g/mol.